The number of aromatic amines is 1. The maximum absolute atomic E-state index is 14.4. The van der Waals surface area contributed by atoms with Gasteiger partial charge in [0.05, 0.1) is 6.10 Å². The molecular formula is C32H39N5O6. The Bertz CT molecular complexity index is 1510. The number of fused-ring (bicyclic) bond motifs is 3. The molecule has 2 heterocycles. The lowest BCUT2D eigenvalue weighted by molar-refractivity contribution is -0.146. The monoisotopic (exact) mass is 589 g/mol. The van der Waals surface area contributed by atoms with E-state index in [2.05, 4.69) is 15.6 Å². The Kier molecular flexibility index (Phi) is 8.72. The average molecular weight is 590 g/mol. The summed E-state index contributed by atoms with van der Waals surface area (Å²) in [5.41, 5.74) is 7.81. The third kappa shape index (κ3) is 6.22. The van der Waals surface area contributed by atoms with Crippen LogP contribution < -0.4 is 16.4 Å². The van der Waals surface area contributed by atoms with Gasteiger partial charge in [-0.15, -0.1) is 0 Å². The lowest BCUT2D eigenvalue weighted by Gasteiger charge is -2.41. The van der Waals surface area contributed by atoms with Crippen LogP contribution in [-0.2, 0) is 38.6 Å². The number of hydrogen-bond acceptors (Lipinski definition) is 6. The molecule has 0 unspecified atom stereocenters. The molecule has 1 aliphatic heterocycles. The molecule has 6 N–H and O–H groups in total. The maximum atomic E-state index is 14.4. The normalized spacial score (nSPS) is 22.8. The molecular weight excluding hydrogens is 550 g/mol. The summed E-state index contributed by atoms with van der Waals surface area (Å²) in [6.07, 6.45) is -0.157. The van der Waals surface area contributed by atoms with Crippen molar-refractivity contribution in [1.29, 1.82) is 0 Å². The first-order valence-corrected chi connectivity index (χ1v) is 14.8. The highest BCUT2D eigenvalue weighted by molar-refractivity contribution is 5.98. The zero-order chi connectivity index (χ0) is 30.7. The Morgan fingerprint density at radius 3 is 2.58 bits per heavy atom. The molecule has 4 amide bonds. The number of aromatic nitrogens is 1. The summed E-state index contributed by atoms with van der Waals surface area (Å²) in [5.74, 6) is -2.00. The minimum atomic E-state index is -1.44. The van der Waals surface area contributed by atoms with E-state index in [9.17, 15) is 24.3 Å². The van der Waals surface area contributed by atoms with Gasteiger partial charge in [0.1, 0.15) is 24.2 Å². The average Bonchev–Trinajstić information content (AvgIpc) is 3.58. The fourth-order valence-electron chi connectivity index (χ4n) is 6.23. The topological polar surface area (TPSA) is 167 Å². The zero-order valence-corrected chi connectivity index (χ0v) is 24.5. The molecule has 0 bridgehead atoms. The number of rotatable bonds is 9. The number of carbonyl (C=O) groups excluding carboxylic acids is 4. The number of para-hydroxylation sites is 1. The van der Waals surface area contributed by atoms with Gasteiger partial charge in [0.15, 0.2) is 0 Å². The second-order valence-corrected chi connectivity index (χ2v) is 11.7. The Morgan fingerprint density at radius 1 is 1.14 bits per heavy atom. The summed E-state index contributed by atoms with van der Waals surface area (Å²) in [6, 6.07) is 15.0. The number of primary amides is 1. The molecule has 11 heteroatoms. The number of amides is 4. The van der Waals surface area contributed by atoms with E-state index in [0.717, 1.165) is 27.7 Å². The Morgan fingerprint density at radius 2 is 1.86 bits per heavy atom. The van der Waals surface area contributed by atoms with Gasteiger partial charge in [-0.05, 0) is 36.0 Å². The van der Waals surface area contributed by atoms with Crippen molar-refractivity contribution >= 4 is 34.7 Å². The minimum Gasteiger partial charge on any atom is -0.445 e. The van der Waals surface area contributed by atoms with Crippen LogP contribution in [0.15, 0.2) is 54.6 Å². The number of β-amino-alcohol motifs (C(OH)–C–C–N with tert-alkyl or cyclic N) is 1. The smallest absolute Gasteiger partial charge is 0.408 e. The summed E-state index contributed by atoms with van der Waals surface area (Å²) < 4.78 is 5.40. The second kappa shape index (κ2) is 12.5. The molecule has 0 spiro atoms. The lowest BCUT2D eigenvalue weighted by atomic mass is 9.78. The number of H-pyrrole nitrogens is 1. The standard InChI is InChI=1S/C32H39N5O6/c1-3-19(2)27(35-31(42)43-18-20-9-5-4-6-10-20)29(40)36-32(30(41)37-17-21(38)15-26(37)28(33)39)14-13-25-23(16-32)22-11-7-8-12-24(22)34-25/h4-12,19,21,26-27,34,38H,3,13-18H2,1-2H3,(H2,33,39)(H,35,42)(H,36,40)/t19-,21+,26-,27-,32-/m0/s1. The van der Waals surface area contributed by atoms with Crippen molar-refractivity contribution in [2.75, 3.05) is 6.54 Å². The van der Waals surface area contributed by atoms with Crippen molar-refractivity contribution in [3.05, 3.63) is 71.4 Å². The molecule has 1 aliphatic carbocycles. The number of aryl methyl sites for hydroxylation is 1. The van der Waals surface area contributed by atoms with E-state index in [1.54, 1.807) is 0 Å². The number of aliphatic hydroxyl groups excluding tert-OH is 1. The molecule has 1 saturated heterocycles. The number of hydrogen-bond donors (Lipinski definition) is 5. The van der Waals surface area contributed by atoms with Crippen LogP contribution >= 0.6 is 0 Å². The Balaban J connectivity index is 1.44. The first kappa shape index (κ1) is 30.1. The van der Waals surface area contributed by atoms with Gasteiger partial charge in [0, 0.05) is 36.0 Å². The molecule has 3 aromatic rings. The molecule has 1 aromatic heterocycles. The summed E-state index contributed by atoms with van der Waals surface area (Å²) in [6.45, 7) is 3.72. The number of likely N-dealkylation sites (tertiary alicyclic amines) is 1. The van der Waals surface area contributed by atoms with Crippen LogP contribution in [0.25, 0.3) is 10.9 Å². The van der Waals surface area contributed by atoms with Crippen LogP contribution in [-0.4, -0.2) is 69.1 Å². The quantitative estimate of drug-likeness (QED) is 0.257. The highest BCUT2D eigenvalue weighted by Gasteiger charge is 2.51. The molecule has 5 rings (SSSR count). The van der Waals surface area contributed by atoms with Crippen molar-refractivity contribution in [2.24, 2.45) is 11.7 Å². The second-order valence-electron chi connectivity index (χ2n) is 11.7. The van der Waals surface area contributed by atoms with Crippen molar-refractivity contribution in [3.8, 4) is 0 Å². The molecule has 0 radical (unpaired) electrons. The largest absolute Gasteiger partial charge is 0.445 e. The van der Waals surface area contributed by atoms with Crippen LogP contribution in [0, 0.1) is 5.92 Å². The van der Waals surface area contributed by atoms with Gasteiger partial charge in [-0.25, -0.2) is 4.79 Å². The van der Waals surface area contributed by atoms with Gasteiger partial charge >= 0.3 is 6.09 Å². The Labute approximate surface area is 250 Å². The molecule has 2 aliphatic rings. The van der Waals surface area contributed by atoms with E-state index >= 15 is 0 Å². The van der Waals surface area contributed by atoms with E-state index in [1.165, 1.54) is 4.90 Å². The van der Waals surface area contributed by atoms with Gasteiger partial charge in [-0.3, -0.25) is 14.4 Å². The van der Waals surface area contributed by atoms with Crippen LogP contribution in [0.2, 0.25) is 0 Å². The molecule has 228 valence electrons. The highest BCUT2D eigenvalue weighted by atomic mass is 16.5. The number of carbonyl (C=O) groups is 4. The number of benzene rings is 2. The van der Waals surface area contributed by atoms with Gasteiger partial charge in [-0.2, -0.15) is 0 Å². The number of ether oxygens (including phenoxy) is 1. The van der Waals surface area contributed by atoms with Gasteiger partial charge in [-0.1, -0.05) is 68.8 Å². The van der Waals surface area contributed by atoms with E-state index in [-0.39, 0.29) is 38.3 Å². The van der Waals surface area contributed by atoms with Gasteiger partial charge in [0.2, 0.25) is 17.7 Å². The molecule has 5 atom stereocenters. The predicted octanol–water partition coefficient (Wildman–Crippen LogP) is 2.30. The van der Waals surface area contributed by atoms with Gasteiger partial charge in [0.25, 0.3) is 0 Å². The molecule has 1 fully saturated rings. The lowest BCUT2D eigenvalue weighted by Crippen LogP contribution is -2.66. The van der Waals surface area contributed by atoms with Crippen molar-refractivity contribution in [3.63, 3.8) is 0 Å². The number of aliphatic hydroxyl groups is 1. The first-order chi connectivity index (χ1) is 20.6. The summed E-state index contributed by atoms with van der Waals surface area (Å²) in [7, 11) is 0. The van der Waals surface area contributed by atoms with Crippen molar-refractivity contribution < 1.29 is 29.0 Å². The van der Waals surface area contributed by atoms with Crippen LogP contribution in [0.3, 0.4) is 0 Å². The molecule has 2 aromatic carbocycles. The Hall–Kier alpha value is -4.38. The molecule has 11 nitrogen and oxygen atoms in total. The summed E-state index contributed by atoms with van der Waals surface area (Å²) in [5, 5.41) is 17.0. The number of nitrogens with two attached hydrogens (primary N) is 1. The molecule has 43 heavy (non-hydrogen) atoms. The van der Waals surface area contributed by atoms with Crippen molar-refractivity contribution in [1.82, 2.24) is 20.5 Å². The SMILES string of the molecule is CC[C@H](C)[C@H](NC(=O)OCc1ccccc1)C(=O)N[C@@]1(C(=O)N2C[C@H](O)C[C@H]2C(N)=O)CCc2[nH]c3ccccc3c2C1. The maximum Gasteiger partial charge on any atom is 0.408 e. The minimum absolute atomic E-state index is 0.0355. The third-order valence-electron chi connectivity index (χ3n) is 8.80. The van der Waals surface area contributed by atoms with E-state index in [1.807, 2.05) is 68.4 Å². The predicted molar refractivity (Wildman–Crippen MR) is 160 cm³/mol. The van der Waals surface area contributed by atoms with E-state index in [0.29, 0.717) is 12.8 Å². The van der Waals surface area contributed by atoms with Crippen LogP contribution in [0.5, 0.6) is 0 Å². The van der Waals surface area contributed by atoms with Crippen LogP contribution in [0.4, 0.5) is 4.79 Å². The van der Waals surface area contributed by atoms with E-state index in [4.69, 9.17) is 10.5 Å². The number of nitrogens with one attached hydrogen (secondary N) is 3. The molecule has 0 saturated carbocycles. The van der Waals surface area contributed by atoms with Crippen molar-refractivity contribution in [2.45, 2.75) is 76.3 Å². The first-order valence-electron chi connectivity index (χ1n) is 14.8. The number of alkyl carbamates (subject to hydrolysis) is 1. The third-order valence-corrected chi connectivity index (χ3v) is 8.80. The highest BCUT2D eigenvalue weighted by Crippen LogP contribution is 2.36. The van der Waals surface area contributed by atoms with E-state index < -0.39 is 47.5 Å². The fraction of sp³-hybridized carbons (Fsp3) is 0.438. The summed E-state index contributed by atoms with van der Waals surface area (Å²) >= 11 is 0. The zero-order valence-electron chi connectivity index (χ0n) is 24.5. The van der Waals surface area contributed by atoms with Gasteiger partial charge < -0.3 is 36.1 Å². The number of nitrogens with zero attached hydrogens (tertiary/aromatic N) is 1. The van der Waals surface area contributed by atoms with Crippen LogP contribution in [0.1, 0.15) is 49.9 Å². The fourth-order valence-corrected chi connectivity index (χ4v) is 6.23. The summed E-state index contributed by atoms with van der Waals surface area (Å²) in [4.78, 5) is 58.3.